The zero-order valence-electron chi connectivity index (χ0n) is 18.0. The van der Waals surface area contributed by atoms with E-state index in [9.17, 15) is 13.2 Å². The minimum atomic E-state index is -3.57. The molecule has 0 spiro atoms. The van der Waals surface area contributed by atoms with Gasteiger partial charge in [0.15, 0.2) is 0 Å². The standard InChI is InChI=1S/C22H26N4O4S2/c1-3-16-6-4-5-13-26(16)32(28,29)18-10-7-15(8-11-18)21(27)24-25-22-23-19-12-9-17(30-2)14-20(19)31-22/h7-12,14,16H,3-6,13H2,1-2H3,(H,23,25)(H,24,27)/t16-/m0/s1. The molecular weight excluding hydrogens is 448 g/mol. The average Bonchev–Trinajstić information content (AvgIpc) is 3.24. The highest BCUT2D eigenvalue weighted by atomic mass is 32.2. The maximum absolute atomic E-state index is 13.1. The first-order chi connectivity index (χ1) is 15.4. The predicted molar refractivity (Wildman–Crippen MR) is 126 cm³/mol. The Bertz CT molecular complexity index is 1210. The maximum atomic E-state index is 13.1. The van der Waals surface area contributed by atoms with E-state index in [1.165, 1.54) is 35.6 Å². The minimum absolute atomic E-state index is 0.0368. The van der Waals surface area contributed by atoms with Crippen molar-refractivity contribution in [2.24, 2.45) is 0 Å². The van der Waals surface area contributed by atoms with E-state index in [4.69, 9.17) is 4.74 Å². The van der Waals surface area contributed by atoms with Crippen LogP contribution in [0.1, 0.15) is 43.0 Å². The molecule has 3 aromatic rings. The van der Waals surface area contributed by atoms with Crippen LogP contribution in [0.3, 0.4) is 0 Å². The molecule has 1 amide bonds. The molecule has 4 rings (SSSR count). The van der Waals surface area contributed by atoms with Crippen LogP contribution >= 0.6 is 11.3 Å². The fraction of sp³-hybridized carbons (Fsp3) is 0.364. The van der Waals surface area contributed by atoms with Crippen molar-refractivity contribution >= 4 is 42.6 Å². The van der Waals surface area contributed by atoms with E-state index in [0.29, 0.717) is 17.2 Å². The van der Waals surface area contributed by atoms with Gasteiger partial charge in [0.25, 0.3) is 5.91 Å². The predicted octanol–water partition coefficient (Wildman–Crippen LogP) is 4.02. The lowest BCUT2D eigenvalue weighted by Crippen LogP contribution is -2.43. The largest absolute Gasteiger partial charge is 0.497 e. The highest BCUT2D eigenvalue weighted by Gasteiger charge is 2.32. The number of sulfonamides is 1. The van der Waals surface area contributed by atoms with Crippen LogP contribution in [0.15, 0.2) is 47.4 Å². The van der Waals surface area contributed by atoms with Crippen molar-refractivity contribution in [3.8, 4) is 5.75 Å². The summed E-state index contributed by atoms with van der Waals surface area (Å²) >= 11 is 1.39. The van der Waals surface area contributed by atoms with Gasteiger partial charge in [-0.2, -0.15) is 4.31 Å². The van der Waals surface area contributed by atoms with Crippen LogP contribution in [0.2, 0.25) is 0 Å². The number of piperidine rings is 1. The maximum Gasteiger partial charge on any atom is 0.269 e. The molecule has 1 atom stereocenters. The number of rotatable bonds is 7. The molecule has 1 aliphatic rings. The Morgan fingerprint density at radius 1 is 1.22 bits per heavy atom. The van der Waals surface area contributed by atoms with Crippen LogP contribution in [0.4, 0.5) is 5.13 Å². The van der Waals surface area contributed by atoms with Crippen LogP contribution < -0.4 is 15.6 Å². The first-order valence-electron chi connectivity index (χ1n) is 10.5. The fourth-order valence-corrected chi connectivity index (χ4v) is 6.49. The van der Waals surface area contributed by atoms with Crippen molar-refractivity contribution in [1.29, 1.82) is 0 Å². The Balaban J connectivity index is 1.43. The van der Waals surface area contributed by atoms with Gasteiger partial charge in [0.2, 0.25) is 15.2 Å². The Hall–Kier alpha value is -2.69. The SMILES string of the molecule is CC[C@H]1CCCCN1S(=O)(=O)c1ccc(C(=O)NNc2nc3ccc(OC)cc3s2)cc1. The molecule has 1 aromatic heterocycles. The van der Waals surface area contributed by atoms with Gasteiger partial charge in [-0.25, -0.2) is 13.4 Å². The number of fused-ring (bicyclic) bond motifs is 1. The molecule has 170 valence electrons. The second-order valence-electron chi connectivity index (χ2n) is 7.63. The first kappa shape index (κ1) is 22.5. The van der Waals surface area contributed by atoms with Crippen molar-refractivity contribution in [3.63, 3.8) is 0 Å². The molecule has 0 aliphatic carbocycles. The monoisotopic (exact) mass is 474 g/mol. The molecule has 1 fully saturated rings. The van der Waals surface area contributed by atoms with E-state index >= 15 is 0 Å². The summed E-state index contributed by atoms with van der Waals surface area (Å²) in [7, 11) is -1.97. The topological polar surface area (TPSA) is 101 Å². The molecule has 0 saturated carbocycles. The molecule has 2 N–H and O–H groups in total. The number of benzene rings is 2. The lowest BCUT2D eigenvalue weighted by atomic mass is 10.0. The molecule has 0 radical (unpaired) electrons. The number of thiazole rings is 1. The van der Waals surface area contributed by atoms with Crippen molar-refractivity contribution < 1.29 is 17.9 Å². The molecule has 1 saturated heterocycles. The normalized spacial score (nSPS) is 17.2. The van der Waals surface area contributed by atoms with Gasteiger partial charge in [0, 0.05) is 18.2 Å². The number of carbonyl (C=O) groups is 1. The summed E-state index contributed by atoms with van der Waals surface area (Å²) in [6.07, 6.45) is 3.61. The number of aromatic nitrogens is 1. The number of amides is 1. The van der Waals surface area contributed by atoms with Gasteiger partial charge in [-0.3, -0.25) is 15.6 Å². The van der Waals surface area contributed by atoms with Crippen LogP contribution in [0.5, 0.6) is 5.75 Å². The average molecular weight is 475 g/mol. The third-order valence-corrected chi connectivity index (χ3v) is 8.55. The van der Waals surface area contributed by atoms with Gasteiger partial charge in [-0.05, 0) is 61.7 Å². The third-order valence-electron chi connectivity index (χ3n) is 5.65. The molecule has 0 unspecified atom stereocenters. The summed E-state index contributed by atoms with van der Waals surface area (Å²) in [6, 6.07) is 11.6. The summed E-state index contributed by atoms with van der Waals surface area (Å²) in [5.41, 5.74) is 6.58. The lowest BCUT2D eigenvalue weighted by Gasteiger charge is -2.34. The summed E-state index contributed by atoms with van der Waals surface area (Å²) < 4.78 is 33.9. The second kappa shape index (κ2) is 9.43. The number of hydrogen-bond acceptors (Lipinski definition) is 7. The van der Waals surface area contributed by atoms with E-state index in [1.54, 1.807) is 11.4 Å². The molecule has 2 heterocycles. The number of carbonyl (C=O) groups excluding carboxylic acids is 1. The van der Waals surface area contributed by atoms with Gasteiger partial charge in [-0.15, -0.1) is 0 Å². The van der Waals surface area contributed by atoms with Gasteiger partial charge in [0.1, 0.15) is 5.75 Å². The number of nitrogens with zero attached hydrogens (tertiary/aromatic N) is 2. The molecule has 2 aromatic carbocycles. The zero-order chi connectivity index (χ0) is 22.7. The van der Waals surface area contributed by atoms with Crippen molar-refractivity contribution in [3.05, 3.63) is 48.0 Å². The van der Waals surface area contributed by atoms with Gasteiger partial charge < -0.3 is 4.74 Å². The Morgan fingerprint density at radius 2 is 2.00 bits per heavy atom. The van der Waals surface area contributed by atoms with Gasteiger partial charge in [-0.1, -0.05) is 24.7 Å². The third kappa shape index (κ3) is 4.57. The minimum Gasteiger partial charge on any atom is -0.497 e. The van der Waals surface area contributed by atoms with E-state index in [1.807, 2.05) is 25.1 Å². The Morgan fingerprint density at radius 3 is 2.72 bits per heavy atom. The Kier molecular flexibility index (Phi) is 6.63. The summed E-state index contributed by atoms with van der Waals surface area (Å²) in [6.45, 7) is 2.56. The second-order valence-corrected chi connectivity index (χ2v) is 10.6. The van der Waals surface area contributed by atoms with Gasteiger partial charge >= 0.3 is 0 Å². The van der Waals surface area contributed by atoms with Crippen LogP contribution in [-0.2, 0) is 10.0 Å². The molecule has 1 aliphatic heterocycles. The van der Waals surface area contributed by atoms with Crippen LogP contribution in [0, 0.1) is 0 Å². The molecule has 0 bridgehead atoms. The number of methoxy groups -OCH3 is 1. The van der Waals surface area contributed by atoms with E-state index in [-0.39, 0.29) is 16.8 Å². The van der Waals surface area contributed by atoms with E-state index < -0.39 is 10.0 Å². The molecule has 8 nitrogen and oxygen atoms in total. The number of anilines is 1. The Labute approximate surface area is 191 Å². The summed E-state index contributed by atoms with van der Waals surface area (Å²) in [5, 5.41) is 0.538. The van der Waals surface area contributed by atoms with Crippen LogP contribution in [-0.4, -0.2) is 43.3 Å². The van der Waals surface area contributed by atoms with Gasteiger partial charge in [0.05, 0.1) is 22.2 Å². The van der Waals surface area contributed by atoms with E-state index in [2.05, 4.69) is 15.8 Å². The fourth-order valence-electron chi connectivity index (χ4n) is 3.88. The first-order valence-corrected chi connectivity index (χ1v) is 12.8. The van der Waals surface area contributed by atoms with Crippen LogP contribution in [0.25, 0.3) is 10.2 Å². The number of hydrogen-bond donors (Lipinski definition) is 2. The quantitative estimate of drug-likeness (QED) is 0.502. The van der Waals surface area contributed by atoms with E-state index in [0.717, 1.165) is 41.6 Å². The molecule has 32 heavy (non-hydrogen) atoms. The lowest BCUT2D eigenvalue weighted by molar-refractivity contribution is 0.0962. The number of hydrazine groups is 1. The van der Waals surface area contributed by atoms with Crippen molar-refractivity contribution in [2.45, 2.75) is 43.5 Å². The van der Waals surface area contributed by atoms with Crippen molar-refractivity contribution in [1.82, 2.24) is 14.7 Å². The highest BCUT2D eigenvalue weighted by Crippen LogP contribution is 2.29. The summed E-state index contributed by atoms with van der Waals surface area (Å²) in [5.74, 6) is 0.358. The summed E-state index contributed by atoms with van der Waals surface area (Å²) in [4.78, 5) is 17.1. The molecular formula is C22H26N4O4S2. The zero-order valence-corrected chi connectivity index (χ0v) is 19.6. The highest BCUT2D eigenvalue weighted by molar-refractivity contribution is 7.89. The molecule has 10 heteroatoms. The van der Waals surface area contributed by atoms with Crippen molar-refractivity contribution in [2.75, 3.05) is 19.1 Å². The smallest absolute Gasteiger partial charge is 0.269 e. The number of ether oxygens (including phenoxy) is 1. The number of nitrogens with one attached hydrogen (secondary N) is 2.